The molecular formula is C53H88O12S. The molecule has 6 atom stereocenters. The van der Waals surface area contributed by atoms with Gasteiger partial charge in [-0.05, 0) is 89.9 Å². The standard InChI is InChI=1S/C53H88O12S/c1-3-5-7-9-11-13-15-17-19-20-21-22-23-24-25-26-27-28-29-30-32-34-36-38-40-42-49(55)63-47(45-61-43-41-39-37-35-33-31-18-16-14-12-10-8-6-4-2)46-62-53-51(57)52(65-66(58,59)60)50(56)48(44-54)64-53/h5-8,11-14,17-19,21-22,24-25,31,47-48,50-54,56-57H,3-4,9-10,15-16,20,23,26-30,32-46H2,1-2H3,(H,58,59,60)/b7-5-,8-6-,13-11-,14-12-,19-17-,22-21-,25-24-,31-18-. The molecule has 0 radical (unpaired) electrons. The summed E-state index contributed by atoms with van der Waals surface area (Å²) in [6.07, 6.45) is 50.1. The summed E-state index contributed by atoms with van der Waals surface area (Å²) < 4.78 is 59.1. The summed E-state index contributed by atoms with van der Waals surface area (Å²) in [6, 6.07) is 0. The zero-order valence-electron chi connectivity index (χ0n) is 40.5. The summed E-state index contributed by atoms with van der Waals surface area (Å²) in [5.41, 5.74) is 0. The number of hydrogen-bond acceptors (Lipinski definition) is 11. The molecule has 378 valence electrons. The van der Waals surface area contributed by atoms with Gasteiger partial charge in [-0.3, -0.25) is 9.35 Å². The van der Waals surface area contributed by atoms with Crippen molar-refractivity contribution < 1.29 is 56.2 Å². The number of esters is 1. The van der Waals surface area contributed by atoms with Crippen LogP contribution in [0.25, 0.3) is 0 Å². The molecule has 1 heterocycles. The van der Waals surface area contributed by atoms with Crippen LogP contribution in [0.2, 0.25) is 0 Å². The normalized spacial score (nSPS) is 20.4. The Bertz CT molecular complexity index is 1520. The molecule has 0 aromatic heterocycles. The van der Waals surface area contributed by atoms with Crippen molar-refractivity contribution >= 4 is 16.4 Å². The third-order valence-electron chi connectivity index (χ3n) is 10.7. The average Bonchev–Trinajstić information content (AvgIpc) is 3.29. The third kappa shape index (κ3) is 36.1. The summed E-state index contributed by atoms with van der Waals surface area (Å²) >= 11 is 0. The highest BCUT2D eigenvalue weighted by molar-refractivity contribution is 7.80. The second-order valence-electron chi connectivity index (χ2n) is 16.6. The first-order valence-corrected chi connectivity index (χ1v) is 26.4. The third-order valence-corrected chi connectivity index (χ3v) is 11.2. The van der Waals surface area contributed by atoms with Crippen molar-refractivity contribution in [3.8, 4) is 0 Å². The Hall–Kier alpha value is -2.98. The molecule has 66 heavy (non-hydrogen) atoms. The van der Waals surface area contributed by atoms with Crippen molar-refractivity contribution in [3.05, 3.63) is 97.2 Å². The van der Waals surface area contributed by atoms with Crippen LogP contribution in [0.4, 0.5) is 0 Å². The van der Waals surface area contributed by atoms with Gasteiger partial charge in [-0.2, -0.15) is 8.42 Å². The van der Waals surface area contributed by atoms with E-state index in [1.807, 2.05) is 0 Å². The first kappa shape index (κ1) is 61.0. The second kappa shape index (κ2) is 43.3. The van der Waals surface area contributed by atoms with E-state index in [2.05, 4.69) is 115 Å². The van der Waals surface area contributed by atoms with E-state index >= 15 is 0 Å². The Labute approximate surface area is 399 Å². The molecule has 4 N–H and O–H groups in total. The van der Waals surface area contributed by atoms with Crippen molar-refractivity contribution in [2.75, 3.05) is 26.4 Å². The average molecular weight is 949 g/mol. The van der Waals surface area contributed by atoms with Gasteiger partial charge >= 0.3 is 16.4 Å². The lowest BCUT2D eigenvalue weighted by Crippen LogP contribution is -2.60. The van der Waals surface area contributed by atoms with Gasteiger partial charge in [-0.15, -0.1) is 0 Å². The molecule has 0 aromatic carbocycles. The Morgan fingerprint density at radius 3 is 1.45 bits per heavy atom. The first-order valence-electron chi connectivity index (χ1n) is 25.0. The molecule has 0 aromatic rings. The van der Waals surface area contributed by atoms with Crippen LogP contribution in [0, 0.1) is 0 Å². The van der Waals surface area contributed by atoms with E-state index in [0.717, 1.165) is 109 Å². The first-order chi connectivity index (χ1) is 32.1. The molecule has 0 aliphatic carbocycles. The van der Waals surface area contributed by atoms with Gasteiger partial charge in [0.1, 0.15) is 30.5 Å². The highest BCUT2D eigenvalue weighted by Crippen LogP contribution is 2.26. The lowest BCUT2D eigenvalue weighted by Gasteiger charge is -2.41. The van der Waals surface area contributed by atoms with Gasteiger partial charge in [-0.25, -0.2) is 4.18 Å². The highest BCUT2D eigenvalue weighted by Gasteiger charge is 2.48. The van der Waals surface area contributed by atoms with Gasteiger partial charge in [0.15, 0.2) is 6.29 Å². The molecular weight excluding hydrogens is 861 g/mol. The number of unbranched alkanes of at least 4 members (excludes halogenated alkanes) is 13. The number of carbonyl (C=O) groups is 1. The molecule has 0 bridgehead atoms. The molecule has 12 nitrogen and oxygen atoms in total. The second-order valence-corrected chi connectivity index (χ2v) is 17.7. The smallest absolute Gasteiger partial charge is 0.397 e. The minimum atomic E-state index is -5.07. The molecule has 0 spiro atoms. The zero-order chi connectivity index (χ0) is 48.2. The van der Waals surface area contributed by atoms with Crippen molar-refractivity contribution in [2.45, 2.75) is 205 Å². The largest absolute Gasteiger partial charge is 0.457 e. The monoisotopic (exact) mass is 949 g/mol. The van der Waals surface area contributed by atoms with Crippen LogP contribution >= 0.6 is 0 Å². The molecule has 0 amide bonds. The zero-order valence-corrected chi connectivity index (χ0v) is 41.3. The Morgan fingerprint density at radius 2 is 1.00 bits per heavy atom. The summed E-state index contributed by atoms with van der Waals surface area (Å²) in [6.45, 7) is 3.69. The minimum Gasteiger partial charge on any atom is -0.457 e. The predicted molar refractivity (Wildman–Crippen MR) is 266 cm³/mol. The molecule has 1 rings (SSSR count). The summed E-state index contributed by atoms with van der Waals surface area (Å²) in [4.78, 5) is 12.9. The van der Waals surface area contributed by atoms with E-state index in [0.29, 0.717) is 13.0 Å². The Morgan fingerprint density at radius 1 is 0.576 bits per heavy atom. The van der Waals surface area contributed by atoms with Gasteiger partial charge in [0.25, 0.3) is 0 Å². The maximum atomic E-state index is 12.9. The summed E-state index contributed by atoms with van der Waals surface area (Å²) in [7, 11) is -5.07. The van der Waals surface area contributed by atoms with E-state index < -0.39 is 59.8 Å². The van der Waals surface area contributed by atoms with Crippen LogP contribution in [0.15, 0.2) is 97.2 Å². The fourth-order valence-corrected chi connectivity index (χ4v) is 7.52. The quantitative estimate of drug-likeness (QED) is 0.0197. The SMILES string of the molecule is CC/C=C\C/C=C\C/C=C\C/C=C\C/C=C\CCCCCCCCCCCC(=O)OC(COCCCCCC/C=C\C/C=C\C/C=C\CC)COC1OC(CO)C(O)C(OS(=O)(=O)O)C1O. The minimum absolute atomic E-state index is 0.0123. The van der Waals surface area contributed by atoms with Gasteiger partial charge in [0.05, 0.1) is 19.8 Å². The van der Waals surface area contributed by atoms with Gasteiger partial charge in [-0.1, -0.05) is 169 Å². The molecule has 1 aliphatic rings. The molecule has 6 unspecified atom stereocenters. The predicted octanol–water partition coefficient (Wildman–Crippen LogP) is 11.4. The van der Waals surface area contributed by atoms with Gasteiger partial charge in [0.2, 0.25) is 0 Å². The van der Waals surface area contributed by atoms with E-state index in [4.69, 9.17) is 18.9 Å². The molecule has 1 saturated heterocycles. The van der Waals surface area contributed by atoms with Crippen molar-refractivity contribution in [1.29, 1.82) is 0 Å². The van der Waals surface area contributed by atoms with Crippen LogP contribution < -0.4 is 0 Å². The number of allylic oxidation sites excluding steroid dienone is 16. The number of ether oxygens (including phenoxy) is 4. The highest BCUT2D eigenvalue weighted by atomic mass is 32.3. The molecule has 13 heteroatoms. The molecule has 1 aliphatic heterocycles. The fraction of sp³-hybridized carbons (Fsp3) is 0.679. The van der Waals surface area contributed by atoms with Crippen LogP contribution in [0.3, 0.4) is 0 Å². The van der Waals surface area contributed by atoms with Crippen LogP contribution in [-0.4, -0.2) is 97.5 Å². The summed E-state index contributed by atoms with van der Waals surface area (Å²) in [5, 5.41) is 30.7. The van der Waals surface area contributed by atoms with E-state index in [1.54, 1.807) is 0 Å². The van der Waals surface area contributed by atoms with Crippen molar-refractivity contribution in [3.63, 3.8) is 0 Å². The van der Waals surface area contributed by atoms with Crippen LogP contribution in [0.5, 0.6) is 0 Å². The number of rotatable bonds is 42. The summed E-state index contributed by atoms with van der Waals surface area (Å²) in [5.74, 6) is -0.419. The van der Waals surface area contributed by atoms with Crippen LogP contribution in [0.1, 0.15) is 168 Å². The number of carbonyl (C=O) groups excluding carboxylic acids is 1. The Balaban J connectivity index is 2.36. The topological polar surface area (TPSA) is 178 Å². The lowest BCUT2D eigenvalue weighted by atomic mass is 9.99. The molecule has 0 saturated carbocycles. The lowest BCUT2D eigenvalue weighted by molar-refractivity contribution is -0.301. The van der Waals surface area contributed by atoms with E-state index in [9.17, 15) is 33.1 Å². The number of aliphatic hydroxyl groups is 3. The fourth-order valence-electron chi connectivity index (χ4n) is 7.01. The van der Waals surface area contributed by atoms with Crippen LogP contribution in [-0.2, 0) is 38.3 Å². The maximum Gasteiger partial charge on any atom is 0.397 e. The van der Waals surface area contributed by atoms with Crippen molar-refractivity contribution in [1.82, 2.24) is 0 Å². The molecule has 1 fully saturated rings. The van der Waals surface area contributed by atoms with E-state index in [-0.39, 0.29) is 19.6 Å². The van der Waals surface area contributed by atoms with Crippen molar-refractivity contribution in [2.24, 2.45) is 0 Å². The van der Waals surface area contributed by atoms with Gasteiger partial charge in [0, 0.05) is 13.0 Å². The van der Waals surface area contributed by atoms with E-state index in [1.165, 1.54) is 32.1 Å². The number of hydrogen-bond donors (Lipinski definition) is 4. The van der Waals surface area contributed by atoms with Gasteiger partial charge < -0.3 is 34.3 Å². The number of aliphatic hydroxyl groups excluding tert-OH is 3. The maximum absolute atomic E-state index is 12.9. The Kier molecular flexibility index (Phi) is 40.1.